The predicted molar refractivity (Wildman–Crippen MR) is 87.1 cm³/mol. The number of hydrogen-bond donors (Lipinski definition) is 3. The summed E-state index contributed by atoms with van der Waals surface area (Å²) in [6, 6.07) is 4.24. The van der Waals surface area contributed by atoms with Gasteiger partial charge in [0.25, 0.3) is 0 Å². The van der Waals surface area contributed by atoms with E-state index in [1.807, 2.05) is 0 Å². The molecule has 9 heteroatoms. The third-order valence-electron chi connectivity index (χ3n) is 2.61. The van der Waals surface area contributed by atoms with E-state index < -0.39 is 21.7 Å². The van der Waals surface area contributed by atoms with Crippen LogP contribution >= 0.6 is 0 Å². The quantitative estimate of drug-likeness (QED) is 0.668. The van der Waals surface area contributed by atoms with Crippen molar-refractivity contribution in [3.05, 3.63) is 18.2 Å². The van der Waals surface area contributed by atoms with Crippen LogP contribution in [-0.2, 0) is 14.8 Å². The number of benzene rings is 1. The fourth-order valence-electron chi connectivity index (χ4n) is 1.68. The molecule has 0 heterocycles. The van der Waals surface area contributed by atoms with Crippen molar-refractivity contribution < 1.29 is 22.7 Å². The lowest BCUT2D eigenvalue weighted by molar-refractivity contribution is 0.0530. The highest BCUT2D eigenvalue weighted by Crippen LogP contribution is 2.26. The summed E-state index contributed by atoms with van der Waals surface area (Å²) in [5, 5.41) is 10.7. The van der Waals surface area contributed by atoms with E-state index in [0.29, 0.717) is 18.0 Å². The molecule has 0 spiro atoms. The number of amides is 1. The monoisotopic (exact) mass is 345 g/mol. The number of sulfonamides is 1. The standard InChI is InChI=1S/C14H23N3O5S/c1-14(2,3)22-13(18)17-8-7-16-11-9-10(23(15,19)20)5-6-12(11)21-4/h5-6,9,16H,7-8H2,1-4H3,(H,17,18)(H2,15,19,20). The first kappa shape index (κ1) is 19.0. The van der Waals surface area contributed by atoms with Crippen LogP contribution in [0.15, 0.2) is 23.1 Å². The summed E-state index contributed by atoms with van der Waals surface area (Å²) in [6.45, 7) is 5.96. The van der Waals surface area contributed by atoms with Gasteiger partial charge in [-0.05, 0) is 39.0 Å². The van der Waals surface area contributed by atoms with Gasteiger partial charge in [-0.2, -0.15) is 0 Å². The van der Waals surface area contributed by atoms with E-state index >= 15 is 0 Å². The molecule has 0 fully saturated rings. The van der Waals surface area contributed by atoms with Crippen LogP contribution in [0.5, 0.6) is 5.75 Å². The normalized spacial score (nSPS) is 11.7. The average molecular weight is 345 g/mol. The van der Waals surface area contributed by atoms with Crippen LogP contribution in [0.25, 0.3) is 0 Å². The molecule has 0 bridgehead atoms. The Morgan fingerprint density at radius 2 is 1.91 bits per heavy atom. The van der Waals surface area contributed by atoms with Crippen molar-refractivity contribution in [3.63, 3.8) is 0 Å². The van der Waals surface area contributed by atoms with Crippen LogP contribution < -0.4 is 20.5 Å². The van der Waals surface area contributed by atoms with Gasteiger partial charge in [-0.1, -0.05) is 0 Å². The van der Waals surface area contributed by atoms with Crippen LogP contribution in [0.3, 0.4) is 0 Å². The molecule has 0 radical (unpaired) electrons. The zero-order valence-corrected chi connectivity index (χ0v) is 14.5. The van der Waals surface area contributed by atoms with Gasteiger partial charge in [0.05, 0.1) is 17.7 Å². The molecule has 23 heavy (non-hydrogen) atoms. The Balaban J connectivity index is 2.62. The van der Waals surface area contributed by atoms with Gasteiger partial charge in [-0.15, -0.1) is 0 Å². The molecule has 0 atom stereocenters. The highest BCUT2D eigenvalue weighted by molar-refractivity contribution is 7.89. The van der Waals surface area contributed by atoms with Crippen molar-refractivity contribution in [3.8, 4) is 5.75 Å². The maximum Gasteiger partial charge on any atom is 0.407 e. The van der Waals surface area contributed by atoms with E-state index in [0.717, 1.165) is 0 Å². The van der Waals surface area contributed by atoms with Crippen LogP contribution in [0.1, 0.15) is 20.8 Å². The minimum Gasteiger partial charge on any atom is -0.495 e. The number of primary sulfonamides is 1. The summed E-state index contributed by atoms with van der Waals surface area (Å²) >= 11 is 0. The molecule has 0 unspecified atom stereocenters. The second-order valence-electron chi connectivity index (χ2n) is 5.76. The van der Waals surface area contributed by atoms with E-state index in [4.69, 9.17) is 14.6 Å². The Morgan fingerprint density at radius 3 is 2.43 bits per heavy atom. The molecule has 0 aliphatic heterocycles. The SMILES string of the molecule is COc1ccc(S(N)(=O)=O)cc1NCCNC(=O)OC(C)(C)C. The number of anilines is 1. The highest BCUT2D eigenvalue weighted by Gasteiger charge is 2.15. The molecule has 0 aromatic heterocycles. The zero-order chi connectivity index (χ0) is 17.7. The number of ether oxygens (including phenoxy) is 2. The van der Waals surface area contributed by atoms with E-state index in [2.05, 4.69) is 10.6 Å². The molecule has 1 aromatic rings. The first-order chi connectivity index (χ1) is 10.5. The van der Waals surface area contributed by atoms with Crippen LogP contribution in [-0.4, -0.2) is 40.3 Å². The molecule has 1 aromatic carbocycles. The molecule has 130 valence electrons. The Hall–Kier alpha value is -2.00. The Morgan fingerprint density at radius 1 is 1.26 bits per heavy atom. The van der Waals surface area contributed by atoms with Crippen molar-refractivity contribution in [2.75, 3.05) is 25.5 Å². The fraction of sp³-hybridized carbons (Fsp3) is 0.500. The van der Waals surface area contributed by atoms with Gasteiger partial charge in [-0.3, -0.25) is 0 Å². The first-order valence-electron chi connectivity index (χ1n) is 6.94. The molecule has 1 amide bonds. The summed E-state index contributed by atoms with van der Waals surface area (Å²) in [5.74, 6) is 0.467. The van der Waals surface area contributed by atoms with Gasteiger partial charge >= 0.3 is 6.09 Å². The lowest BCUT2D eigenvalue weighted by Gasteiger charge is -2.20. The summed E-state index contributed by atoms with van der Waals surface area (Å²) < 4.78 is 33.0. The van der Waals surface area contributed by atoms with Crippen LogP contribution in [0, 0.1) is 0 Å². The maximum absolute atomic E-state index is 11.5. The summed E-state index contributed by atoms with van der Waals surface area (Å²) in [5.41, 5.74) is -0.102. The number of nitrogens with one attached hydrogen (secondary N) is 2. The Kier molecular flexibility index (Phi) is 6.22. The van der Waals surface area contributed by atoms with Crippen LogP contribution in [0.4, 0.5) is 10.5 Å². The number of rotatable bonds is 6. The second kappa shape index (κ2) is 7.51. The van der Waals surface area contributed by atoms with Gasteiger partial charge in [0, 0.05) is 13.1 Å². The van der Waals surface area contributed by atoms with Gasteiger partial charge < -0.3 is 20.1 Å². The van der Waals surface area contributed by atoms with Crippen molar-refractivity contribution in [1.29, 1.82) is 0 Å². The number of alkyl carbamates (subject to hydrolysis) is 1. The number of methoxy groups -OCH3 is 1. The molecule has 0 aliphatic rings. The minimum atomic E-state index is -3.80. The van der Waals surface area contributed by atoms with Crippen molar-refractivity contribution in [2.45, 2.75) is 31.3 Å². The van der Waals surface area contributed by atoms with E-state index in [1.165, 1.54) is 25.3 Å². The molecular weight excluding hydrogens is 322 g/mol. The number of carbonyl (C=O) groups excluding carboxylic acids is 1. The Bertz CT molecular complexity index is 653. The molecular formula is C14H23N3O5S. The van der Waals surface area contributed by atoms with E-state index in [1.54, 1.807) is 20.8 Å². The zero-order valence-electron chi connectivity index (χ0n) is 13.7. The maximum atomic E-state index is 11.5. The van der Waals surface area contributed by atoms with Gasteiger partial charge in [0.2, 0.25) is 10.0 Å². The average Bonchev–Trinajstić information content (AvgIpc) is 2.40. The fourth-order valence-corrected chi connectivity index (χ4v) is 2.22. The molecule has 0 saturated carbocycles. The van der Waals surface area contributed by atoms with Gasteiger partial charge in [-0.25, -0.2) is 18.4 Å². The second-order valence-corrected chi connectivity index (χ2v) is 7.32. The molecule has 0 saturated heterocycles. The van der Waals surface area contributed by atoms with Crippen molar-refractivity contribution in [1.82, 2.24) is 5.32 Å². The molecule has 1 rings (SSSR count). The lowest BCUT2D eigenvalue weighted by Crippen LogP contribution is -2.35. The highest BCUT2D eigenvalue weighted by atomic mass is 32.2. The predicted octanol–water partition coefficient (Wildman–Crippen LogP) is 1.28. The third-order valence-corrected chi connectivity index (χ3v) is 3.52. The molecule has 0 aliphatic carbocycles. The minimum absolute atomic E-state index is 0.0269. The smallest absolute Gasteiger partial charge is 0.407 e. The number of carbonyl (C=O) groups is 1. The number of hydrogen-bond acceptors (Lipinski definition) is 6. The summed E-state index contributed by atoms with van der Waals surface area (Å²) in [6.07, 6.45) is -0.524. The van der Waals surface area contributed by atoms with Gasteiger partial charge in [0.15, 0.2) is 0 Å². The Labute approximate surface area is 136 Å². The molecule has 8 nitrogen and oxygen atoms in total. The van der Waals surface area contributed by atoms with E-state index in [-0.39, 0.29) is 11.4 Å². The third kappa shape index (κ3) is 6.74. The van der Waals surface area contributed by atoms with Crippen molar-refractivity contribution in [2.24, 2.45) is 5.14 Å². The van der Waals surface area contributed by atoms with Gasteiger partial charge in [0.1, 0.15) is 11.4 Å². The largest absolute Gasteiger partial charge is 0.495 e. The number of nitrogens with two attached hydrogens (primary N) is 1. The first-order valence-corrected chi connectivity index (χ1v) is 8.49. The molecule has 4 N–H and O–H groups in total. The van der Waals surface area contributed by atoms with Crippen molar-refractivity contribution >= 4 is 21.8 Å². The summed E-state index contributed by atoms with van der Waals surface area (Å²) in [7, 11) is -2.33. The summed E-state index contributed by atoms with van der Waals surface area (Å²) in [4.78, 5) is 11.5. The lowest BCUT2D eigenvalue weighted by atomic mass is 10.2. The van der Waals surface area contributed by atoms with Crippen LogP contribution in [0.2, 0.25) is 0 Å². The topological polar surface area (TPSA) is 120 Å². The van der Waals surface area contributed by atoms with E-state index in [9.17, 15) is 13.2 Å².